The van der Waals surface area contributed by atoms with E-state index in [0.29, 0.717) is 30.3 Å². The zero-order valence-electron chi connectivity index (χ0n) is 16.7. The number of carboxylic acid groups (broad SMARTS) is 1. The van der Waals surface area contributed by atoms with Crippen LogP contribution < -0.4 is 5.32 Å². The molecule has 3 aliphatic heterocycles. The molecular weight excluding hydrogens is 394 g/mol. The number of pyridine rings is 1. The number of likely N-dealkylation sites (tertiary alicyclic amines) is 1. The lowest BCUT2D eigenvalue weighted by molar-refractivity contribution is -0.129. The Morgan fingerprint density at radius 1 is 1.52 bits per heavy atom. The van der Waals surface area contributed by atoms with E-state index >= 15 is 0 Å². The van der Waals surface area contributed by atoms with E-state index in [0.717, 1.165) is 24.9 Å². The molecule has 2 N–H and O–H groups in total. The second-order valence-corrected chi connectivity index (χ2v) is 8.61. The van der Waals surface area contributed by atoms with Gasteiger partial charge >= 0.3 is 0 Å². The molecule has 9 heteroatoms. The lowest BCUT2D eigenvalue weighted by Crippen LogP contribution is -2.42. The van der Waals surface area contributed by atoms with Crippen LogP contribution in [0.3, 0.4) is 0 Å². The van der Waals surface area contributed by atoms with Crippen molar-refractivity contribution in [3.8, 4) is 0 Å². The first-order chi connectivity index (χ1) is 14.0. The number of hydrogen-bond acceptors (Lipinski definition) is 6. The minimum absolute atomic E-state index is 0.0827. The molecule has 0 aromatic carbocycles. The first-order valence-corrected chi connectivity index (χ1v) is 11.1. The van der Waals surface area contributed by atoms with Crippen molar-refractivity contribution >= 4 is 30.0 Å². The summed E-state index contributed by atoms with van der Waals surface area (Å²) in [6.45, 7) is 3.72. The van der Waals surface area contributed by atoms with Gasteiger partial charge in [0.25, 0.3) is 12.4 Å². The molecule has 8 nitrogen and oxygen atoms in total. The highest BCUT2D eigenvalue weighted by Gasteiger charge is 2.63. The Morgan fingerprint density at radius 3 is 2.97 bits per heavy atom. The zero-order valence-corrected chi connectivity index (χ0v) is 17.5. The third-order valence-corrected chi connectivity index (χ3v) is 6.72. The lowest BCUT2D eigenvalue weighted by Gasteiger charge is -2.29. The summed E-state index contributed by atoms with van der Waals surface area (Å²) in [4.78, 5) is 39.2. The Balaban J connectivity index is 0.000000755. The van der Waals surface area contributed by atoms with Crippen LogP contribution in [-0.4, -0.2) is 76.6 Å². The Bertz CT molecular complexity index is 776. The van der Waals surface area contributed by atoms with Gasteiger partial charge in [-0.05, 0) is 37.7 Å². The number of thioether (sulfide) groups is 1. The van der Waals surface area contributed by atoms with Crippen molar-refractivity contribution in [1.82, 2.24) is 15.2 Å². The number of carbonyl (C=O) groups is 3. The van der Waals surface area contributed by atoms with Crippen molar-refractivity contribution in [2.75, 3.05) is 31.6 Å². The lowest BCUT2D eigenvalue weighted by atomic mass is 9.73. The number of nitrogens with one attached hydrogen (secondary N) is 1. The van der Waals surface area contributed by atoms with Gasteiger partial charge in [0.15, 0.2) is 0 Å². The fourth-order valence-electron chi connectivity index (χ4n) is 4.88. The Morgan fingerprint density at radius 2 is 2.28 bits per heavy atom. The van der Waals surface area contributed by atoms with E-state index in [4.69, 9.17) is 14.6 Å². The van der Waals surface area contributed by atoms with Crippen molar-refractivity contribution in [2.24, 2.45) is 11.8 Å². The highest BCUT2D eigenvalue weighted by molar-refractivity contribution is 7.99. The van der Waals surface area contributed by atoms with Crippen LogP contribution in [0.15, 0.2) is 18.5 Å². The highest BCUT2D eigenvalue weighted by Crippen LogP contribution is 2.54. The largest absolute Gasteiger partial charge is 0.483 e. The summed E-state index contributed by atoms with van der Waals surface area (Å²) < 4.78 is 6.35. The molecule has 1 aromatic rings. The molecule has 0 aliphatic carbocycles. The molecule has 2 amide bonds. The van der Waals surface area contributed by atoms with E-state index in [1.807, 2.05) is 24.1 Å². The third-order valence-electron chi connectivity index (χ3n) is 6.19. The maximum atomic E-state index is 12.5. The van der Waals surface area contributed by atoms with Crippen LogP contribution in [-0.2, 0) is 14.3 Å². The van der Waals surface area contributed by atoms with Gasteiger partial charge in [-0.25, -0.2) is 0 Å². The fraction of sp³-hybridized carbons (Fsp3) is 0.600. The molecule has 4 heterocycles. The summed E-state index contributed by atoms with van der Waals surface area (Å²) in [5.41, 5.74) is 1.36. The summed E-state index contributed by atoms with van der Waals surface area (Å²) in [5.74, 6) is 1.23. The van der Waals surface area contributed by atoms with Crippen molar-refractivity contribution in [3.63, 3.8) is 0 Å². The number of hydrogen-bond donors (Lipinski definition) is 2. The van der Waals surface area contributed by atoms with Gasteiger partial charge in [-0.3, -0.25) is 19.4 Å². The van der Waals surface area contributed by atoms with E-state index in [1.54, 1.807) is 24.2 Å². The van der Waals surface area contributed by atoms with Crippen LogP contribution in [0.1, 0.15) is 28.8 Å². The number of ether oxygens (including phenoxy) is 1. The van der Waals surface area contributed by atoms with E-state index in [9.17, 15) is 9.59 Å². The summed E-state index contributed by atoms with van der Waals surface area (Å²) >= 11 is 1.56. The quantitative estimate of drug-likeness (QED) is 0.688. The van der Waals surface area contributed by atoms with Crippen LogP contribution in [0.2, 0.25) is 0 Å². The second kappa shape index (κ2) is 9.13. The van der Waals surface area contributed by atoms with Gasteiger partial charge in [0.1, 0.15) is 0 Å². The predicted molar refractivity (Wildman–Crippen MR) is 109 cm³/mol. The average molecular weight is 422 g/mol. The first kappa shape index (κ1) is 21.6. The number of nitrogens with zero attached hydrogens (tertiary/aromatic N) is 2. The Labute approximate surface area is 174 Å². The van der Waals surface area contributed by atoms with E-state index in [-0.39, 0.29) is 35.9 Å². The zero-order chi connectivity index (χ0) is 21.0. The van der Waals surface area contributed by atoms with Gasteiger partial charge in [0.2, 0.25) is 5.91 Å². The molecule has 2 bridgehead atoms. The molecule has 3 saturated heterocycles. The van der Waals surface area contributed by atoms with Gasteiger partial charge in [0, 0.05) is 37.3 Å². The standard InChI is InChI=1S/C19H25N3O3S.CH2O2/c1-12-4-6-20-7-13(12)18(24)21-8-14-15-9-22(17(23)10-26-2)11-19(15)5-3-16(14)25-19;2-1-3/h4,6-7,14-16H,3,5,8-11H2,1-2H3,(H,21,24);1H,(H,2,3)/t14-,15+,16+,19+;/m0./s1. The summed E-state index contributed by atoms with van der Waals surface area (Å²) in [6, 6.07) is 1.84. The molecule has 158 valence electrons. The molecule has 0 radical (unpaired) electrons. The Hall–Kier alpha value is -2.13. The van der Waals surface area contributed by atoms with Crippen LogP contribution in [0, 0.1) is 18.8 Å². The fourth-order valence-corrected chi connectivity index (χ4v) is 5.31. The van der Waals surface area contributed by atoms with Crippen LogP contribution in [0.4, 0.5) is 0 Å². The Kier molecular flexibility index (Phi) is 6.79. The van der Waals surface area contributed by atoms with Crippen molar-refractivity contribution < 1.29 is 24.2 Å². The molecule has 0 unspecified atom stereocenters. The van der Waals surface area contributed by atoms with Gasteiger partial charge in [0.05, 0.1) is 29.6 Å². The molecule has 4 rings (SSSR count). The van der Waals surface area contributed by atoms with Gasteiger partial charge in [-0.2, -0.15) is 11.8 Å². The highest BCUT2D eigenvalue weighted by atomic mass is 32.2. The van der Waals surface area contributed by atoms with Crippen LogP contribution in [0.5, 0.6) is 0 Å². The second-order valence-electron chi connectivity index (χ2n) is 7.74. The first-order valence-electron chi connectivity index (χ1n) is 9.67. The van der Waals surface area contributed by atoms with Crippen molar-refractivity contribution in [2.45, 2.75) is 31.5 Å². The van der Waals surface area contributed by atoms with Crippen LogP contribution >= 0.6 is 11.8 Å². The molecule has 0 saturated carbocycles. The number of amides is 2. The normalized spacial score (nSPS) is 29.0. The maximum absolute atomic E-state index is 12.5. The summed E-state index contributed by atoms with van der Waals surface area (Å²) in [5, 5.41) is 9.97. The average Bonchev–Trinajstić information content (AvgIpc) is 3.36. The van der Waals surface area contributed by atoms with Gasteiger partial charge in [-0.1, -0.05) is 0 Å². The smallest absolute Gasteiger partial charge is 0.290 e. The van der Waals surface area contributed by atoms with Gasteiger partial charge < -0.3 is 20.1 Å². The number of aromatic nitrogens is 1. The minimum Gasteiger partial charge on any atom is -0.483 e. The maximum Gasteiger partial charge on any atom is 0.290 e. The predicted octanol–water partition coefficient (Wildman–Crippen LogP) is 1.19. The van der Waals surface area contributed by atoms with E-state index < -0.39 is 0 Å². The minimum atomic E-state index is -0.250. The molecular formula is C20H27N3O5S. The van der Waals surface area contributed by atoms with Gasteiger partial charge in [-0.15, -0.1) is 0 Å². The SMILES string of the molecule is CSCC(=O)N1C[C@@H]2[C@H](CNC(=O)c3cnccc3C)[C@H]3CC[C@]2(C1)O3.O=CO. The summed E-state index contributed by atoms with van der Waals surface area (Å²) in [7, 11) is 0. The summed E-state index contributed by atoms with van der Waals surface area (Å²) in [6.07, 6.45) is 7.51. The molecule has 4 atom stereocenters. The monoisotopic (exact) mass is 421 g/mol. The molecule has 1 aromatic heterocycles. The molecule has 3 fully saturated rings. The van der Waals surface area contributed by atoms with Crippen LogP contribution in [0.25, 0.3) is 0 Å². The molecule has 3 aliphatic rings. The molecule has 29 heavy (non-hydrogen) atoms. The van der Waals surface area contributed by atoms with E-state index in [2.05, 4.69) is 10.3 Å². The molecule has 1 spiro atoms. The number of aryl methyl sites for hydroxylation is 1. The van der Waals surface area contributed by atoms with Crippen molar-refractivity contribution in [3.05, 3.63) is 29.6 Å². The topological polar surface area (TPSA) is 109 Å². The third kappa shape index (κ3) is 4.25. The number of rotatable bonds is 5. The number of carbonyl (C=O) groups excluding carboxylic acids is 2. The number of fused-ring (bicyclic) bond motifs is 1. The van der Waals surface area contributed by atoms with E-state index in [1.165, 1.54) is 0 Å². The van der Waals surface area contributed by atoms with Crippen molar-refractivity contribution in [1.29, 1.82) is 0 Å².